The summed E-state index contributed by atoms with van der Waals surface area (Å²) in [6.45, 7) is 0. The van der Waals surface area contributed by atoms with Crippen LogP contribution < -0.4 is 21.6 Å². The van der Waals surface area contributed by atoms with Crippen molar-refractivity contribution < 1.29 is 4.74 Å². The molecule has 1 aromatic heterocycles. The Morgan fingerprint density at radius 3 is 3.00 bits per heavy atom. The van der Waals surface area contributed by atoms with Gasteiger partial charge < -0.3 is 10.2 Å². The van der Waals surface area contributed by atoms with Gasteiger partial charge >= 0.3 is 0 Å². The second-order valence-corrected chi connectivity index (χ2v) is 3.30. The van der Waals surface area contributed by atoms with E-state index in [1.54, 1.807) is 37.6 Å². The van der Waals surface area contributed by atoms with Gasteiger partial charge in [-0.15, -0.1) is 0 Å². The minimum Gasteiger partial charge on any atom is -0.497 e. The third-order valence-corrected chi connectivity index (χ3v) is 2.31. The number of anilines is 1. The lowest BCUT2D eigenvalue weighted by Crippen LogP contribution is -2.25. The highest BCUT2D eigenvalue weighted by Gasteiger charge is 2.05. The average molecular weight is 232 g/mol. The van der Waals surface area contributed by atoms with E-state index < -0.39 is 0 Å². The van der Waals surface area contributed by atoms with E-state index in [0.717, 1.165) is 0 Å². The smallest absolute Gasteiger partial charge is 0.299 e. The van der Waals surface area contributed by atoms with Crippen molar-refractivity contribution in [3.8, 4) is 11.4 Å². The van der Waals surface area contributed by atoms with Gasteiger partial charge in [-0.2, -0.15) is 0 Å². The predicted molar refractivity (Wildman–Crippen MR) is 64.2 cm³/mol. The SMILES string of the molecule is COc1cccc(-n2ccnc(NN)c2=O)c1. The Morgan fingerprint density at radius 1 is 1.47 bits per heavy atom. The molecule has 0 aliphatic heterocycles. The molecule has 6 nitrogen and oxygen atoms in total. The molecule has 2 aromatic rings. The van der Waals surface area contributed by atoms with E-state index >= 15 is 0 Å². The predicted octanol–water partition coefficient (Wildman–Crippen LogP) is 0.527. The first-order valence-corrected chi connectivity index (χ1v) is 4.95. The van der Waals surface area contributed by atoms with Crippen LogP contribution in [0.4, 0.5) is 5.82 Å². The molecule has 0 aliphatic carbocycles. The van der Waals surface area contributed by atoms with Gasteiger partial charge in [0, 0.05) is 18.5 Å². The van der Waals surface area contributed by atoms with E-state index in [-0.39, 0.29) is 11.4 Å². The Balaban J connectivity index is 2.56. The monoisotopic (exact) mass is 232 g/mol. The molecule has 0 saturated heterocycles. The number of nitrogens with zero attached hydrogens (tertiary/aromatic N) is 2. The van der Waals surface area contributed by atoms with Crippen LogP contribution in [0.5, 0.6) is 5.75 Å². The van der Waals surface area contributed by atoms with Crippen LogP contribution in [0.25, 0.3) is 5.69 Å². The van der Waals surface area contributed by atoms with Crippen molar-refractivity contribution in [1.29, 1.82) is 0 Å². The number of nitrogens with one attached hydrogen (secondary N) is 1. The molecular weight excluding hydrogens is 220 g/mol. The number of hydrogen-bond acceptors (Lipinski definition) is 5. The molecule has 6 heteroatoms. The molecule has 0 atom stereocenters. The molecule has 0 bridgehead atoms. The Labute approximate surface area is 97.6 Å². The summed E-state index contributed by atoms with van der Waals surface area (Å²) in [6.07, 6.45) is 3.06. The fraction of sp³-hybridized carbons (Fsp3) is 0.0909. The van der Waals surface area contributed by atoms with Gasteiger partial charge in [-0.3, -0.25) is 9.36 Å². The minimum atomic E-state index is -0.316. The van der Waals surface area contributed by atoms with Gasteiger partial charge in [0.25, 0.3) is 5.56 Å². The quantitative estimate of drug-likeness (QED) is 0.595. The van der Waals surface area contributed by atoms with Crippen LogP contribution in [0.2, 0.25) is 0 Å². The first-order valence-electron chi connectivity index (χ1n) is 4.95. The maximum absolute atomic E-state index is 11.9. The summed E-state index contributed by atoms with van der Waals surface area (Å²) in [5.74, 6) is 5.97. The molecule has 1 aromatic carbocycles. The largest absolute Gasteiger partial charge is 0.497 e. The summed E-state index contributed by atoms with van der Waals surface area (Å²) in [6, 6.07) is 7.15. The maximum Gasteiger partial charge on any atom is 0.299 e. The Hall–Kier alpha value is -2.34. The highest BCUT2D eigenvalue weighted by Crippen LogP contribution is 2.14. The number of nitrogens with two attached hydrogens (primary N) is 1. The summed E-state index contributed by atoms with van der Waals surface area (Å²) >= 11 is 0. The molecular formula is C11H12N4O2. The number of methoxy groups -OCH3 is 1. The first-order chi connectivity index (χ1) is 8.26. The summed E-state index contributed by atoms with van der Waals surface area (Å²) in [7, 11) is 1.57. The van der Waals surface area contributed by atoms with Gasteiger partial charge in [0.1, 0.15) is 5.75 Å². The number of nitrogen functional groups attached to an aromatic ring is 1. The van der Waals surface area contributed by atoms with Gasteiger partial charge in [-0.05, 0) is 12.1 Å². The highest BCUT2D eigenvalue weighted by atomic mass is 16.5. The average Bonchev–Trinajstić information content (AvgIpc) is 2.39. The summed E-state index contributed by atoms with van der Waals surface area (Å²) < 4.78 is 6.54. The third-order valence-electron chi connectivity index (χ3n) is 2.31. The lowest BCUT2D eigenvalue weighted by molar-refractivity contribution is 0.414. The number of hydrazine groups is 1. The highest BCUT2D eigenvalue weighted by molar-refractivity contribution is 5.41. The van der Waals surface area contributed by atoms with Crippen LogP contribution in [0.3, 0.4) is 0 Å². The van der Waals surface area contributed by atoms with Crippen LogP contribution in [0.1, 0.15) is 0 Å². The number of aromatic nitrogens is 2. The first kappa shape index (κ1) is 11.2. The number of ether oxygens (including phenoxy) is 1. The van der Waals surface area contributed by atoms with Crippen molar-refractivity contribution in [3.63, 3.8) is 0 Å². The van der Waals surface area contributed by atoms with Crippen molar-refractivity contribution in [2.24, 2.45) is 5.84 Å². The lowest BCUT2D eigenvalue weighted by atomic mass is 10.3. The van der Waals surface area contributed by atoms with Gasteiger partial charge in [0.2, 0.25) is 5.82 Å². The fourth-order valence-electron chi connectivity index (χ4n) is 1.47. The molecule has 0 saturated carbocycles. The molecule has 2 rings (SSSR count). The second kappa shape index (κ2) is 4.67. The Kier molecular flexibility index (Phi) is 3.06. The van der Waals surface area contributed by atoms with Gasteiger partial charge in [-0.1, -0.05) is 6.07 Å². The third kappa shape index (κ3) is 2.11. The molecule has 0 radical (unpaired) electrons. The number of benzene rings is 1. The Morgan fingerprint density at radius 2 is 2.29 bits per heavy atom. The number of hydrogen-bond donors (Lipinski definition) is 2. The zero-order chi connectivity index (χ0) is 12.3. The van der Waals surface area contributed by atoms with E-state index in [1.807, 2.05) is 0 Å². The molecule has 88 valence electrons. The summed E-state index contributed by atoms with van der Waals surface area (Å²) in [5, 5.41) is 0. The normalized spacial score (nSPS) is 10.0. The molecule has 0 amide bonds. The zero-order valence-corrected chi connectivity index (χ0v) is 9.25. The maximum atomic E-state index is 11.9. The van der Waals surface area contributed by atoms with E-state index in [9.17, 15) is 4.79 Å². The number of rotatable bonds is 3. The molecule has 17 heavy (non-hydrogen) atoms. The summed E-state index contributed by atoms with van der Waals surface area (Å²) in [4.78, 5) is 15.7. The van der Waals surface area contributed by atoms with Crippen molar-refractivity contribution in [3.05, 3.63) is 47.0 Å². The van der Waals surface area contributed by atoms with Crippen LogP contribution in [0, 0.1) is 0 Å². The molecule has 0 fully saturated rings. The molecule has 0 aliphatic rings. The Bertz CT molecular complexity index is 580. The van der Waals surface area contributed by atoms with E-state index in [4.69, 9.17) is 10.6 Å². The van der Waals surface area contributed by atoms with Crippen LogP contribution in [-0.2, 0) is 0 Å². The lowest BCUT2D eigenvalue weighted by Gasteiger charge is -2.08. The van der Waals surface area contributed by atoms with Crippen molar-refractivity contribution in [2.45, 2.75) is 0 Å². The molecule has 0 unspecified atom stereocenters. The van der Waals surface area contributed by atoms with Crippen molar-refractivity contribution in [1.82, 2.24) is 9.55 Å². The minimum absolute atomic E-state index is 0.0929. The fourth-order valence-corrected chi connectivity index (χ4v) is 1.47. The van der Waals surface area contributed by atoms with Gasteiger partial charge in [0.15, 0.2) is 0 Å². The molecule has 0 spiro atoms. The molecule has 1 heterocycles. The zero-order valence-electron chi connectivity index (χ0n) is 9.25. The van der Waals surface area contributed by atoms with Gasteiger partial charge in [0.05, 0.1) is 12.8 Å². The van der Waals surface area contributed by atoms with Crippen LogP contribution in [0.15, 0.2) is 41.5 Å². The van der Waals surface area contributed by atoms with Crippen LogP contribution in [-0.4, -0.2) is 16.7 Å². The van der Waals surface area contributed by atoms with Crippen molar-refractivity contribution in [2.75, 3.05) is 12.5 Å². The molecule has 3 N–H and O–H groups in total. The van der Waals surface area contributed by atoms with E-state index in [1.165, 1.54) is 10.8 Å². The summed E-state index contributed by atoms with van der Waals surface area (Å²) in [5.41, 5.74) is 2.63. The van der Waals surface area contributed by atoms with Gasteiger partial charge in [-0.25, -0.2) is 10.8 Å². The second-order valence-electron chi connectivity index (χ2n) is 3.30. The van der Waals surface area contributed by atoms with E-state index in [2.05, 4.69) is 10.4 Å². The standard InChI is InChI=1S/C11H12N4O2/c1-17-9-4-2-3-8(7-9)15-6-5-13-10(14-12)11(15)16/h2-7H,12H2,1H3,(H,13,14). The van der Waals surface area contributed by atoms with Crippen molar-refractivity contribution >= 4 is 5.82 Å². The topological polar surface area (TPSA) is 82.2 Å². The van der Waals surface area contributed by atoms with E-state index in [0.29, 0.717) is 11.4 Å². The van der Waals surface area contributed by atoms with Crippen LogP contribution >= 0.6 is 0 Å².